The highest BCUT2D eigenvalue weighted by Gasteiger charge is 2.21. The number of hydrogen-bond acceptors (Lipinski definition) is 5. The third-order valence-corrected chi connectivity index (χ3v) is 10.6. The molecule has 0 aromatic carbocycles. The fourth-order valence-electron chi connectivity index (χ4n) is 6.70. The maximum atomic E-state index is 12.4. The van der Waals surface area contributed by atoms with E-state index in [-0.39, 0.29) is 19.0 Å². The fraction of sp³-hybridized carbons (Fsp3) is 0.889. The standard InChI is InChI=1S/C45H87O7P/c1-3-5-7-9-11-13-15-17-19-21-23-24-26-28-30-32-34-36-38-40-45(46)52-44(43-51-53(47,48)49)42-50-41-39-37-35-33-31-29-27-25-22-20-18-16-14-12-10-8-6-4-2/h21,23,39,41,44H,3-20,22,24-38,40,42-43H2,1-2H3,(H2,47,48,49)/b23-21-,41-39-/t44-/m1/s1. The molecule has 0 aliphatic carbocycles. The summed E-state index contributed by atoms with van der Waals surface area (Å²) in [5, 5.41) is 0. The molecule has 0 aliphatic heterocycles. The van der Waals surface area contributed by atoms with Gasteiger partial charge in [-0.3, -0.25) is 9.32 Å². The summed E-state index contributed by atoms with van der Waals surface area (Å²) in [6.07, 6.45) is 51.3. The van der Waals surface area contributed by atoms with Gasteiger partial charge in [0.25, 0.3) is 0 Å². The van der Waals surface area contributed by atoms with Crippen LogP contribution in [0.15, 0.2) is 24.5 Å². The van der Waals surface area contributed by atoms with Crippen LogP contribution in [-0.4, -0.2) is 35.1 Å². The van der Waals surface area contributed by atoms with Crippen LogP contribution in [0.5, 0.6) is 0 Å². The minimum atomic E-state index is -4.67. The zero-order valence-electron chi connectivity index (χ0n) is 34.9. The topological polar surface area (TPSA) is 102 Å². The second-order valence-electron chi connectivity index (χ2n) is 15.4. The Morgan fingerprint density at radius 2 is 0.830 bits per heavy atom. The second kappa shape index (κ2) is 42.0. The third-order valence-electron chi connectivity index (χ3n) is 10.1. The fourth-order valence-corrected chi connectivity index (χ4v) is 7.06. The van der Waals surface area contributed by atoms with Crippen molar-refractivity contribution in [3.63, 3.8) is 0 Å². The summed E-state index contributed by atoms with van der Waals surface area (Å²) in [5.41, 5.74) is 0. The van der Waals surface area contributed by atoms with Crippen LogP contribution in [0.2, 0.25) is 0 Å². The SMILES string of the molecule is CCCCCCCCCC/C=C\CCCCCCCCCC(=O)O[C@H](CO/C=C\CCCCCCCCCCCCCCCCCC)COP(=O)(O)O. The molecule has 0 spiro atoms. The summed E-state index contributed by atoms with van der Waals surface area (Å²) in [7, 11) is -4.67. The van der Waals surface area contributed by atoms with E-state index in [2.05, 4.69) is 30.5 Å². The molecular weight excluding hydrogens is 683 g/mol. The third kappa shape index (κ3) is 45.1. The van der Waals surface area contributed by atoms with Crippen LogP contribution in [0.4, 0.5) is 0 Å². The molecule has 0 saturated carbocycles. The van der Waals surface area contributed by atoms with E-state index in [1.54, 1.807) is 6.26 Å². The second-order valence-corrected chi connectivity index (χ2v) is 16.7. The van der Waals surface area contributed by atoms with Gasteiger partial charge in [-0.15, -0.1) is 0 Å². The number of esters is 1. The summed E-state index contributed by atoms with van der Waals surface area (Å²) in [4.78, 5) is 30.6. The van der Waals surface area contributed by atoms with Crippen LogP contribution in [0.25, 0.3) is 0 Å². The van der Waals surface area contributed by atoms with Gasteiger partial charge in [0.15, 0.2) is 6.10 Å². The van der Waals surface area contributed by atoms with Crippen LogP contribution in [-0.2, 0) is 23.4 Å². The Morgan fingerprint density at radius 1 is 0.491 bits per heavy atom. The van der Waals surface area contributed by atoms with Gasteiger partial charge in [0, 0.05) is 6.42 Å². The van der Waals surface area contributed by atoms with Crippen LogP contribution in [0.1, 0.15) is 239 Å². The number of carbonyl (C=O) groups excluding carboxylic acids is 1. The Kier molecular flexibility index (Phi) is 41.1. The van der Waals surface area contributed by atoms with Crippen molar-refractivity contribution in [2.24, 2.45) is 0 Å². The van der Waals surface area contributed by atoms with Crippen LogP contribution in [0, 0.1) is 0 Å². The van der Waals surface area contributed by atoms with Gasteiger partial charge in [-0.05, 0) is 51.0 Å². The molecule has 0 aromatic heterocycles. The maximum absolute atomic E-state index is 12.4. The van der Waals surface area contributed by atoms with Crippen molar-refractivity contribution >= 4 is 13.8 Å². The first-order valence-electron chi connectivity index (χ1n) is 22.7. The number of unbranched alkanes of at least 4 members (excludes halogenated alkanes) is 31. The molecule has 0 bridgehead atoms. The van der Waals surface area contributed by atoms with E-state index in [4.69, 9.17) is 19.3 Å². The van der Waals surface area contributed by atoms with Crippen LogP contribution >= 0.6 is 7.82 Å². The average molecular weight is 771 g/mol. The van der Waals surface area contributed by atoms with Crippen LogP contribution < -0.4 is 0 Å². The van der Waals surface area contributed by atoms with E-state index in [1.165, 1.54) is 186 Å². The summed E-state index contributed by atoms with van der Waals surface area (Å²) >= 11 is 0. The van der Waals surface area contributed by atoms with Crippen molar-refractivity contribution in [2.75, 3.05) is 13.2 Å². The predicted molar refractivity (Wildman–Crippen MR) is 225 cm³/mol. The number of phosphoric ester groups is 1. The number of hydrogen-bond donors (Lipinski definition) is 2. The quantitative estimate of drug-likeness (QED) is 0.0209. The number of ether oxygens (including phenoxy) is 2. The molecule has 0 rings (SSSR count). The Balaban J connectivity index is 3.79. The number of rotatable bonds is 43. The van der Waals surface area contributed by atoms with E-state index in [0.29, 0.717) is 0 Å². The van der Waals surface area contributed by atoms with Gasteiger partial charge < -0.3 is 19.3 Å². The summed E-state index contributed by atoms with van der Waals surface area (Å²) in [6.45, 7) is 4.14. The van der Waals surface area contributed by atoms with E-state index < -0.39 is 20.5 Å². The molecule has 2 N–H and O–H groups in total. The summed E-state index contributed by atoms with van der Waals surface area (Å²) in [6, 6.07) is 0. The molecule has 0 fully saturated rings. The van der Waals surface area contributed by atoms with Gasteiger partial charge in [0.1, 0.15) is 6.61 Å². The van der Waals surface area contributed by atoms with Gasteiger partial charge >= 0.3 is 13.8 Å². The maximum Gasteiger partial charge on any atom is 0.469 e. The van der Waals surface area contributed by atoms with Gasteiger partial charge in [0.2, 0.25) is 0 Å². The van der Waals surface area contributed by atoms with Gasteiger partial charge in [-0.1, -0.05) is 199 Å². The monoisotopic (exact) mass is 771 g/mol. The molecule has 1 atom stereocenters. The largest absolute Gasteiger partial charge is 0.498 e. The predicted octanol–water partition coefficient (Wildman–Crippen LogP) is 14.8. The lowest BCUT2D eigenvalue weighted by atomic mass is 10.0. The number of carbonyl (C=O) groups is 1. The molecule has 0 heterocycles. The molecule has 0 radical (unpaired) electrons. The number of phosphoric acid groups is 1. The van der Waals surface area contributed by atoms with Gasteiger partial charge in [0.05, 0.1) is 12.9 Å². The first-order valence-corrected chi connectivity index (χ1v) is 24.2. The first kappa shape index (κ1) is 51.9. The van der Waals surface area contributed by atoms with Crippen molar-refractivity contribution in [3.8, 4) is 0 Å². The lowest BCUT2D eigenvalue weighted by Gasteiger charge is -2.18. The molecule has 8 heteroatoms. The average Bonchev–Trinajstić information content (AvgIpc) is 3.13. The zero-order chi connectivity index (χ0) is 38.8. The minimum absolute atomic E-state index is 0.00438. The van der Waals surface area contributed by atoms with Crippen molar-refractivity contribution in [3.05, 3.63) is 24.5 Å². The van der Waals surface area contributed by atoms with Crippen molar-refractivity contribution in [1.82, 2.24) is 0 Å². The molecule has 0 unspecified atom stereocenters. The summed E-state index contributed by atoms with van der Waals surface area (Å²) < 4.78 is 26.8. The minimum Gasteiger partial charge on any atom is -0.498 e. The summed E-state index contributed by atoms with van der Waals surface area (Å²) in [5.74, 6) is -0.385. The molecule has 0 amide bonds. The number of allylic oxidation sites excluding steroid dienone is 3. The van der Waals surface area contributed by atoms with Crippen molar-refractivity contribution < 1.29 is 33.1 Å². The van der Waals surface area contributed by atoms with Gasteiger partial charge in [-0.25, -0.2) is 4.57 Å². The van der Waals surface area contributed by atoms with Crippen molar-refractivity contribution in [1.29, 1.82) is 0 Å². The normalized spacial score (nSPS) is 12.7. The lowest BCUT2D eigenvalue weighted by molar-refractivity contribution is -0.153. The highest BCUT2D eigenvalue weighted by atomic mass is 31.2. The molecule has 0 aliphatic rings. The van der Waals surface area contributed by atoms with E-state index >= 15 is 0 Å². The smallest absolute Gasteiger partial charge is 0.469 e. The zero-order valence-corrected chi connectivity index (χ0v) is 35.8. The molecule has 314 valence electrons. The molecule has 0 aromatic rings. The van der Waals surface area contributed by atoms with Gasteiger partial charge in [-0.2, -0.15) is 0 Å². The highest BCUT2D eigenvalue weighted by Crippen LogP contribution is 2.36. The molecule has 0 saturated heterocycles. The van der Waals surface area contributed by atoms with E-state index in [1.807, 2.05) is 6.08 Å². The lowest BCUT2D eigenvalue weighted by Crippen LogP contribution is -2.27. The first-order chi connectivity index (χ1) is 25.9. The van der Waals surface area contributed by atoms with Crippen molar-refractivity contribution in [2.45, 2.75) is 245 Å². The van der Waals surface area contributed by atoms with E-state index in [0.717, 1.165) is 32.1 Å². The molecule has 7 nitrogen and oxygen atoms in total. The van der Waals surface area contributed by atoms with Crippen LogP contribution in [0.3, 0.4) is 0 Å². The Labute approximate surface area is 328 Å². The Morgan fingerprint density at radius 3 is 1.21 bits per heavy atom. The molecule has 53 heavy (non-hydrogen) atoms. The Bertz CT molecular complexity index is 856. The highest BCUT2D eigenvalue weighted by molar-refractivity contribution is 7.46. The Hall–Kier alpha value is -1.14. The molecular formula is C45H87O7P. The van der Waals surface area contributed by atoms with E-state index in [9.17, 15) is 9.36 Å².